The van der Waals surface area contributed by atoms with E-state index in [0.717, 1.165) is 11.1 Å². The fourth-order valence-corrected chi connectivity index (χ4v) is 1.74. The van der Waals surface area contributed by atoms with Crippen LogP contribution in [0.25, 0.3) is 0 Å². The van der Waals surface area contributed by atoms with Gasteiger partial charge in [-0.25, -0.2) is 5.43 Å². The number of hydrazone groups is 1. The third-order valence-corrected chi connectivity index (χ3v) is 2.88. The van der Waals surface area contributed by atoms with Crippen molar-refractivity contribution in [1.82, 2.24) is 5.43 Å². The van der Waals surface area contributed by atoms with E-state index in [-0.39, 0.29) is 12.5 Å². The van der Waals surface area contributed by atoms with Crippen molar-refractivity contribution in [3.8, 4) is 5.75 Å². The molecular formula is C16H15ClN2O2. The Morgan fingerprint density at radius 2 is 2.05 bits per heavy atom. The molecule has 0 saturated carbocycles. The van der Waals surface area contributed by atoms with Crippen molar-refractivity contribution < 1.29 is 9.53 Å². The van der Waals surface area contributed by atoms with Crippen LogP contribution in [0.15, 0.2) is 53.6 Å². The van der Waals surface area contributed by atoms with E-state index in [4.69, 9.17) is 16.3 Å². The molecule has 0 aliphatic carbocycles. The van der Waals surface area contributed by atoms with Gasteiger partial charge < -0.3 is 4.74 Å². The first-order valence-electron chi connectivity index (χ1n) is 6.40. The highest BCUT2D eigenvalue weighted by molar-refractivity contribution is 6.30. The van der Waals surface area contributed by atoms with Crippen LogP contribution in [-0.2, 0) is 4.79 Å². The van der Waals surface area contributed by atoms with Crippen LogP contribution in [0.4, 0.5) is 0 Å². The standard InChI is InChI=1S/C16H15ClN2O2/c1-12-3-2-4-15(9-12)21-11-16(20)19-18-10-13-5-7-14(17)8-6-13/h2-10H,11H2,1H3,(H,19,20)/b18-10+. The molecule has 4 nitrogen and oxygen atoms in total. The number of hydrogen-bond donors (Lipinski definition) is 1. The normalized spacial score (nSPS) is 10.6. The van der Waals surface area contributed by atoms with Crippen LogP contribution in [-0.4, -0.2) is 18.7 Å². The topological polar surface area (TPSA) is 50.7 Å². The van der Waals surface area contributed by atoms with Crippen LogP contribution >= 0.6 is 11.6 Å². The fourth-order valence-electron chi connectivity index (χ4n) is 1.61. The molecule has 2 aromatic carbocycles. The minimum absolute atomic E-state index is 0.0819. The number of carbonyl (C=O) groups excluding carboxylic acids is 1. The van der Waals surface area contributed by atoms with Crippen molar-refractivity contribution in [2.24, 2.45) is 5.10 Å². The van der Waals surface area contributed by atoms with Crippen molar-refractivity contribution in [2.75, 3.05) is 6.61 Å². The predicted molar refractivity (Wildman–Crippen MR) is 83.9 cm³/mol. The fraction of sp³-hybridized carbons (Fsp3) is 0.125. The van der Waals surface area contributed by atoms with Gasteiger partial charge in [0.05, 0.1) is 6.21 Å². The SMILES string of the molecule is Cc1cccc(OCC(=O)N/N=C/c2ccc(Cl)cc2)c1. The molecule has 108 valence electrons. The van der Waals surface area contributed by atoms with Gasteiger partial charge >= 0.3 is 0 Å². The summed E-state index contributed by atoms with van der Waals surface area (Å²) in [7, 11) is 0. The van der Waals surface area contributed by atoms with Crippen LogP contribution in [0.5, 0.6) is 5.75 Å². The molecule has 2 rings (SSSR count). The summed E-state index contributed by atoms with van der Waals surface area (Å²) in [5.74, 6) is 0.341. The molecule has 0 saturated heterocycles. The van der Waals surface area contributed by atoms with E-state index in [0.29, 0.717) is 10.8 Å². The molecule has 0 aliphatic heterocycles. The minimum atomic E-state index is -0.318. The minimum Gasteiger partial charge on any atom is -0.484 e. The molecule has 2 aromatic rings. The molecule has 0 spiro atoms. The number of nitrogens with one attached hydrogen (secondary N) is 1. The number of ether oxygens (including phenoxy) is 1. The lowest BCUT2D eigenvalue weighted by Crippen LogP contribution is -2.24. The second kappa shape index (κ2) is 7.45. The predicted octanol–water partition coefficient (Wildman–Crippen LogP) is 3.18. The van der Waals surface area contributed by atoms with E-state index >= 15 is 0 Å². The quantitative estimate of drug-likeness (QED) is 0.681. The van der Waals surface area contributed by atoms with Gasteiger partial charge in [0, 0.05) is 5.02 Å². The molecule has 0 aliphatic rings. The van der Waals surface area contributed by atoms with E-state index < -0.39 is 0 Å². The van der Waals surface area contributed by atoms with Gasteiger partial charge in [-0.15, -0.1) is 0 Å². The summed E-state index contributed by atoms with van der Waals surface area (Å²) in [4.78, 5) is 11.6. The summed E-state index contributed by atoms with van der Waals surface area (Å²) < 4.78 is 5.36. The zero-order valence-corrected chi connectivity index (χ0v) is 12.3. The maximum atomic E-state index is 11.6. The summed E-state index contributed by atoms with van der Waals surface area (Å²) in [5, 5.41) is 4.51. The Kier molecular flexibility index (Phi) is 5.35. The zero-order chi connectivity index (χ0) is 15.1. The average Bonchev–Trinajstić information content (AvgIpc) is 2.47. The highest BCUT2D eigenvalue weighted by atomic mass is 35.5. The third kappa shape index (κ3) is 5.28. The van der Waals surface area contributed by atoms with Crippen LogP contribution in [0.2, 0.25) is 5.02 Å². The number of hydrogen-bond acceptors (Lipinski definition) is 3. The maximum Gasteiger partial charge on any atom is 0.277 e. The lowest BCUT2D eigenvalue weighted by molar-refractivity contribution is -0.123. The summed E-state index contributed by atoms with van der Waals surface area (Å²) >= 11 is 5.78. The van der Waals surface area contributed by atoms with E-state index in [1.54, 1.807) is 36.5 Å². The van der Waals surface area contributed by atoms with Crippen molar-refractivity contribution in [2.45, 2.75) is 6.92 Å². The largest absolute Gasteiger partial charge is 0.484 e. The molecular weight excluding hydrogens is 288 g/mol. The Bertz CT molecular complexity index is 639. The van der Waals surface area contributed by atoms with Crippen molar-refractivity contribution in [1.29, 1.82) is 0 Å². The summed E-state index contributed by atoms with van der Waals surface area (Å²) in [5.41, 5.74) is 4.33. The molecule has 1 amide bonds. The Morgan fingerprint density at radius 3 is 2.76 bits per heavy atom. The molecule has 0 unspecified atom stereocenters. The lowest BCUT2D eigenvalue weighted by Gasteiger charge is -2.05. The van der Waals surface area contributed by atoms with Crippen LogP contribution < -0.4 is 10.2 Å². The van der Waals surface area contributed by atoms with Crippen molar-refractivity contribution >= 4 is 23.7 Å². The highest BCUT2D eigenvalue weighted by Gasteiger charge is 2.01. The molecule has 5 heteroatoms. The van der Waals surface area contributed by atoms with Gasteiger partial charge in [0.1, 0.15) is 5.75 Å². The molecule has 0 aromatic heterocycles. The number of amides is 1. The van der Waals surface area contributed by atoms with E-state index in [1.807, 2.05) is 25.1 Å². The Labute approximate surface area is 128 Å². The van der Waals surface area contributed by atoms with Crippen molar-refractivity contribution in [3.05, 3.63) is 64.7 Å². The average molecular weight is 303 g/mol. The van der Waals surface area contributed by atoms with Gasteiger partial charge in [-0.1, -0.05) is 35.9 Å². The zero-order valence-electron chi connectivity index (χ0n) is 11.5. The van der Waals surface area contributed by atoms with Gasteiger partial charge in [0.25, 0.3) is 5.91 Å². The van der Waals surface area contributed by atoms with Gasteiger partial charge in [-0.05, 0) is 42.3 Å². The number of halogens is 1. The number of rotatable bonds is 5. The van der Waals surface area contributed by atoms with E-state index in [2.05, 4.69) is 10.5 Å². The van der Waals surface area contributed by atoms with Crippen LogP contribution in [0.3, 0.4) is 0 Å². The molecule has 21 heavy (non-hydrogen) atoms. The smallest absolute Gasteiger partial charge is 0.277 e. The first-order chi connectivity index (χ1) is 10.1. The first kappa shape index (κ1) is 15.1. The number of benzene rings is 2. The second-order valence-corrected chi connectivity index (χ2v) is 4.89. The van der Waals surface area contributed by atoms with E-state index in [1.165, 1.54) is 0 Å². The Morgan fingerprint density at radius 1 is 1.29 bits per heavy atom. The van der Waals surface area contributed by atoms with Gasteiger partial charge in [-0.3, -0.25) is 4.79 Å². The third-order valence-electron chi connectivity index (χ3n) is 2.63. The summed E-state index contributed by atoms with van der Waals surface area (Å²) in [6, 6.07) is 14.6. The first-order valence-corrected chi connectivity index (χ1v) is 6.78. The molecule has 0 heterocycles. The number of aryl methyl sites for hydroxylation is 1. The van der Waals surface area contributed by atoms with Crippen molar-refractivity contribution in [3.63, 3.8) is 0 Å². The van der Waals surface area contributed by atoms with Crippen LogP contribution in [0.1, 0.15) is 11.1 Å². The highest BCUT2D eigenvalue weighted by Crippen LogP contribution is 2.11. The monoisotopic (exact) mass is 302 g/mol. The molecule has 0 radical (unpaired) electrons. The number of carbonyl (C=O) groups is 1. The molecule has 0 bridgehead atoms. The van der Waals surface area contributed by atoms with Gasteiger partial charge in [0.2, 0.25) is 0 Å². The summed E-state index contributed by atoms with van der Waals surface area (Å²) in [6.45, 7) is 1.88. The lowest BCUT2D eigenvalue weighted by atomic mass is 10.2. The number of nitrogens with zero attached hydrogens (tertiary/aromatic N) is 1. The molecule has 1 N–H and O–H groups in total. The molecule has 0 fully saturated rings. The maximum absolute atomic E-state index is 11.6. The Balaban J connectivity index is 1.78. The summed E-state index contributed by atoms with van der Waals surface area (Å²) in [6.07, 6.45) is 1.54. The Hall–Kier alpha value is -2.33. The van der Waals surface area contributed by atoms with Gasteiger partial charge in [-0.2, -0.15) is 5.10 Å². The van der Waals surface area contributed by atoms with Gasteiger partial charge in [0.15, 0.2) is 6.61 Å². The van der Waals surface area contributed by atoms with E-state index in [9.17, 15) is 4.79 Å². The molecule has 0 atom stereocenters. The van der Waals surface area contributed by atoms with Crippen LogP contribution in [0, 0.1) is 6.92 Å². The second-order valence-electron chi connectivity index (χ2n) is 4.45.